The molecule has 1 atom stereocenters. The summed E-state index contributed by atoms with van der Waals surface area (Å²) in [5.41, 5.74) is 4.18. The van der Waals surface area contributed by atoms with Crippen molar-refractivity contribution in [1.29, 1.82) is 0 Å². The number of nitrogens with one attached hydrogen (secondary N) is 1. The molecule has 1 aliphatic carbocycles. The second-order valence-electron chi connectivity index (χ2n) is 5.73. The van der Waals surface area contributed by atoms with Gasteiger partial charge in [0, 0.05) is 18.6 Å². The largest absolute Gasteiger partial charge is 0.312 e. The summed E-state index contributed by atoms with van der Waals surface area (Å²) in [6, 6.07) is 8.03. The fourth-order valence-corrected chi connectivity index (χ4v) is 2.83. The zero-order valence-electron chi connectivity index (χ0n) is 12.2. The van der Waals surface area contributed by atoms with Crippen LogP contribution in [-0.4, -0.2) is 31.6 Å². The predicted molar refractivity (Wildman–Crippen MR) is 78.0 cm³/mol. The molecule has 0 radical (unpaired) electrons. The summed E-state index contributed by atoms with van der Waals surface area (Å²) in [6.07, 6.45) is 4.16. The van der Waals surface area contributed by atoms with Gasteiger partial charge in [-0.05, 0) is 51.9 Å². The van der Waals surface area contributed by atoms with Gasteiger partial charge in [0.15, 0.2) is 0 Å². The van der Waals surface area contributed by atoms with E-state index in [1.54, 1.807) is 0 Å². The third-order valence-corrected chi connectivity index (χ3v) is 4.32. The van der Waals surface area contributed by atoms with Crippen molar-refractivity contribution in [2.45, 2.75) is 45.2 Å². The Hall–Kier alpha value is -0.860. The summed E-state index contributed by atoms with van der Waals surface area (Å²) in [7, 11) is 4.33. The van der Waals surface area contributed by atoms with Crippen LogP contribution in [0.5, 0.6) is 0 Å². The van der Waals surface area contributed by atoms with Gasteiger partial charge in [-0.2, -0.15) is 0 Å². The molecule has 0 bridgehead atoms. The molecule has 0 amide bonds. The van der Waals surface area contributed by atoms with Crippen molar-refractivity contribution in [3.63, 3.8) is 0 Å². The van der Waals surface area contributed by atoms with Crippen molar-refractivity contribution in [3.8, 4) is 0 Å². The highest BCUT2D eigenvalue weighted by Crippen LogP contribution is 2.26. The van der Waals surface area contributed by atoms with Crippen molar-refractivity contribution in [3.05, 3.63) is 34.9 Å². The molecule has 0 aliphatic heterocycles. The topological polar surface area (TPSA) is 15.3 Å². The minimum Gasteiger partial charge on any atom is -0.312 e. The number of hydrogen-bond donors (Lipinski definition) is 1. The van der Waals surface area contributed by atoms with Crippen LogP contribution in [0.4, 0.5) is 0 Å². The molecule has 2 heteroatoms. The fourth-order valence-electron chi connectivity index (χ4n) is 2.83. The Morgan fingerprint density at radius 3 is 2.56 bits per heavy atom. The van der Waals surface area contributed by atoms with Crippen molar-refractivity contribution in [2.24, 2.45) is 0 Å². The van der Waals surface area contributed by atoms with Crippen LogP contribution in [0.3, 0.4) is 0 Å². The van der Waals surface area contributed by atoms with Gasteiger partial charge < -0.3 is 10.2 Å². The molecule has 2 rings (SSSR count). The van der Waals surface area contributed by atoms with Gasteiger partial charge in [0.25, 0.3) is 0 Å². The molecule has 1 fully saturated rings. The SMILES string of the molecule is CNC(CN(C)C1CCC1)c1ccc(C)cc1C. The standard InChI is InChI=1S/C16H26N2/c1-12-8-9-15(13(2)10-12)16(17-3)11-18(4)14-6-5-7-14/h8-10,14,16-17H,5-7,11H2,1-4H3. The van der Waals surface area contributed by atoms with E-state index in [9.17, 15) is 0 Å². The first-order chi connectivity index (χ1) is 8.61. The smallest absolute Gasteiger partial charge is 0.0449 e. The third kappa shape index (κ3) is 2.93. The molecule has 1 saturated carbocycles. The number of rotatable bonds is 5. The van der Waals surface area contributed by atoms with E-state index in [1.807, 2.05) is 0 Å². The summed E-state index contributed by atoms with van der Waals surface area (Å²) in [4.78, 5) is 2.52. The number of aryl methyl sites for hydroxylation is 2. The van der Waals surface area contributed by atoms with E-state index in [-0.39, 0.29) is 0 Å². The highest BCUT2D eigenvalue weighted by atomic mass is 15.2. The number of benzene rings is 1. The molecule has 1 N–H and O–H groups in total. The van der Waals surface area contributed by atoms with Crippen molar-refractivity contribution >= 4 is 0 Å². The first kappa shape index (κ1) is 13.6. The molecule has 2 nitrogen and oxygen atoms in total. The molecule has 0 saturated heterocycles. The Kier molecular flexibility index (Phi) is 4.41. The highest BCUT2D eigenvalue weighted by molar-refractivity contribution is 5.33. The highest BCUT2D eigenvalue weighted by Gasteiger charge is 2.24. The summed E-state index contributed by atoms with van der Waals surface area (Å²) in [5.74, 6) is 0. The minimum atomic E-state index is 0.441. The third-order valence-electron chi connectivity index (χ3n) is 4.32. The van der Waals surface area contributed by atoms with E-state index in [1.165, 1.54) is 36.0 Å². The predicted octanol–water partition coefficient (Wildman–Crippen LogP) is 3.05. The van der Waals surface area contributed by atoms with Gasteiger partial charge in [-0.1, -0.05) is 30.2 Å². The lowest BCUT2D eigenvalue weighted by atomic mass is 9.91. The Bertz CT molecular complexity index is 396. The van der Waals surface area contributed by atoms with Crippen LogP contribution in [0.15, 0.2) is 18.2 Å². The molecule has 1 aromatic rings. The van der Waals surface area contributed by atoms with Crippen LogP contribution in [0.25, 0.3) is 0 Å². The molecule has 18 heavy (non-hydrogen) atoms. The van der Waals surface area contributed by atoms with Gasteiger partial charge in [-0.15, -0.1) is 0 Å². The first-order valence-corrected chi connectivity index (χ1v) is 7.06. The van der Waals surface area contributed by atoms with Crippen LogP contribution in [0.2, 0.25) is 0 Å². The van der Waals surface area contributed by atoms with Gasteiger partial charge in [0.1, 0.15) is 0 Å². The summed E-state index contributed by atoms with van der Waals surface area (Å²) in [6.45, 7) is 5.48. The maximum Gasteiger partial charge on any atom is 0.0449 e. The Morgan fingerprint density at radius 2 is 2.06 bits per heavy atom. The van der Waals surface area contributed by atoms with Gasteiger partial charge in [0.05, 0.1) is 0 Å². The Morgan fingerprint density at radius 1 is 1.33 bits per heavy atom. The lowest BCUT2D eigenvalue weighted by Gasteiger charge is -2.37. The molecule has 1 aromatic carbocycles. The van der Waals surface area contributed by atoms with Crippen LogP contribution in [0, 0.1) is 13.8 Å². The monoisotopic (exact) mass is 246 g/mol. The van der Waals surface area contributed by atoms with Gasteiger partial charge in [0.2, 0.25) is 0 Å². The zero-order chi connectivity index (χ0) is 13.1. The average Bonchev–Trinajstić information content (AvgIpc) is 2.24. The molecule has 0 heterocycles. The summed E-state index contributed by atoms with van der Waals surface area (Å²) >= 11 is 0. The molecule has 0 spiro atoms. The lowest BCUT2D eigenvalue weighted by Crippen LogP contribution is -2.41. The molecule has 1 aliphatic rings. The number of nitrogens with zero attached hydrogens (tertiary/aromatic N) is 1. The maximum absolute atomic E-state index is 3.47. The maximum atomic E-state index is 3.47. The van der Waals surface area contributed by atoms with Crippen molar-refractivity contribution in [2.75, 3.05) is 20.6 Å². The quantitative estimate of drug-likeness (QED) is 0.859. The van der Waals surface area contributed by atoms with Crippen LogP contribution < -0.4 is 5.32 Å². The van der Waals surface area contributed by atoms with Gasteiger partial charge >= 0.3 is 0 Å². The second kappa shape index (κ2) is 5.85. The number of likely N-dealkylation sites (N-methyl/N-ethyl adjacent to an activating group) is 2. The van der Waals surface area contributed by atoms with Gasteiger partial charge in [-0.3, -0.25) is 0 Å². The number of hydrogen-bond acceptors (Lipinski definition) is 2. The van der Waals surface area contributed by atoms with Gasteiger partial charge in [-0.25, -0.2) is 0 Å². The molecule has 0 aromatic heterocycles. The lowest BCUT2D eigenvalue weighted by molar-refractivity contribution is 0.146. The molecular formula is C16H26N2. The summed E-state index contributed by atoms with van der Waals surface area (Å²) in [5, 5.41) is 3.47. The summed E-state index contributed by atoms with van der Waals surface area (Å²) < 4.78 is 0. The van der Waals surface area contributed by atoms with E-state index in [0.717, 1.165) is 12.6 Å². The Labute approximate surface area is 111 Å². The van der Waals surface area contributed by atoms with Crippen molar-refractivity contribution in [1.82, 2.24) is 10.2 Å². The van der Waals surface area contributed by atoms with Crippen LogP contribution >= 0.6 is 0 Å². The van der Waals surface area contributed by atoms with E-state index in [4.69, 9.17) is 0 Å². The molecule has 1 unspecified atom stereocenters. The van der Waals surface area contributed by atoms with E-state index in [0.29, 0.717) is 6.04 Å². The van der Waals surface area contributed by atoms with Crippen LogP contribution in [0.1, 0.15) is 42.0 Å². The van der Waals surface area contributed by atoms with E-state index >= 15 is 0 Å². The zero-order valence-corrected chi connectivity index (χ0v) is 12.2. The minimum absolute atomic E-state index is 0.441. The first-order valence-electron chi connectivity index (χ1n) is 7.06. The van der Waals surface area contributed by atoms with Crippen molar-refractivity contribution < 1.29 is 0 Å². The Balaban J connectivity index is 2.07. The fraction of sp³-hybridized carbons (Fsp3) is 0.625. The average molecular weight is 246 g/mol. The van der Waals surface area contributed by atoms with E-state index < -0.39 is 0 Å². The van der Waals surface area contributed by atoms with E-state index in [2.05, 4.69) is 56.4 Å². The molecular weight excluding hydrogens is 220 g/mol. The molecule has 100 valence electrons. The normalized spacial score (nSPS) is 17.8. The van der Waals surface area contributed by atoms with Crippen LogP contribution in [-0.2, 0) is 0 Å². The second-order valence-corrected chi connectivity index (χ2v) is 5.73.